The number of rotatable bonds is 4. The summed E-state index contributed by atoms with van der Waals surface area (Å²) in [5.74, 6) is 0.903. The van der Waals surface area contributed by atoms with Crippen LogP contribution in [-0.2, 0) is 17.6 Å². The smallest absolute Gasteiger partial charge is 0.226 e. The van der Waals surface area contributed by atoms with Crippen LogP contribution in [0.5, 0.6) is 5.75 Å². The quantitative estimate of drug-likeness (QED) is 0.942. The molecule has 0 radical (unpaired) electrons. The summed E-state index contributed by atoms with van der Waals surface area (Å²) < 4.78 is 5.67. The minimum atomic E-state index is -0.0899. The number of ether oxygens (including phenoxy) is 1. The lowest BCUT2D eigenvalue weighted by Gasteiger charge is -2.24. The van der Waals surface area contributed by atoms with Crippen molar-refractivity contribution in [2.75, 3.05) is 13.2 Å². The number of hydrogen-bond acceptors (Lipinski definition) is 2. The van der Waals surface area contributed by atoms with Crippen molar-refractivity contribution in [2.45, 2.75) is 19.8 Å². The highest BCUT2D eigenvalue weighted by Gasteiger charge is 2.25. The minimum Gasteiger partial charge on any atom is -0.492 e. The predicted octanol–water partition coefficient (Wildman–Crippen LogP) is 2.91. The number of nitrogens with one attached hydrogen (secondary N) is 1. The average molecular weight is 295 g/mol. The van der Waals surface area contributed by atoms with Crippen molar-refractivity contribution in [1.29, 1.82) is 0 Å². The van der Waals surface area contributed by atoms with Gasteiger partial charge in [-0.1, -0.05) is 48.0 Å². The molecule has 22 heavy (non-hydrogen) atoms. The van der Waals surface area contributed by atoms with Crippen molar-refractivity contribution in [1.82, 2.24) is 5.32 Å². The molecule has 114 valence electrons. The fourth-order valence-electron chi connectivity index (χ4n) is 2.73. The molecule has 0 saturated carbocycles. The molecule has 3 nitrogen and oxygen atoms in total. The van der Waals surface area contributed by atoms with Crippen molar-refractivity contribution in [2.24, 2.45) is 5.92 Å². The normalized spacial score (nSPS) is 16.5. The third-order valence-corrected chi connectivity index (χ3v) is 4.08. The van der Waals surface area contributed by atoms with Crippen molar-refractivity contribution < 1.29 is 9.53 Å². The second-order valence-electron chi connectivity index (χ2n) is 5.85. The Hall–Kier alpha value is -2.29. The third-order valence-electron chi connectivity index (χ3n) is 4.08. The molecule has 3 heteroatoms. The highest BCUT2D eigenvalue weighted by atomic mass is 16.5. The predicted molar refractivity (Wildman–Crippen MR) is 87.0 cm³/mol. The molecule has 2 aromatic rings. The van der Waals surface area contributed by atoms with Crippen LogP contribution < -0.4 is 10.1 Å². The monoisotopic (exact) mass is 295 g/mol. The molecule has 2 aromatic carbocycles. The van der Waals surface area contributed by atoms with Gasteiger partial charge in [-0.25, -0.2) is 0 Å². The second-order valence-corrected chi connectivity index (χ2v) is 5.85. The maximum Gasteiger partial charge on any atom is 0.226 e. The molecule has 0 aliphatic carbocycles. The third kappa shape index (κ3) is 3.48. The lowest BCUT2D eigenvalue weighted by atomic mass is 9.96. The van der Waals surface area contributed by atoms with E-state index in [-0.39, 0.29) is 11.8 Å². The Morgan fingerprint density at radius 2 is 1.95 bits per heavy atom. The van der Waals surface area contributed by atoms with E-state index in [1.807, 2.05) is 24.3 Å². The van der Waals surface area contributed by atoms with Crippen molar-refractivity contribution in [3.8, 4) is 5.75 Å². The first-order valence-electron chi connectivity index (χ1n) is 7.76. The number of carbonyl (C=O) groups excluding carboxylic acids is 1. The van der Waals surface area contributed by atoms with Gasteiger partial charge in [-0.3, -0.25) is 4.79 Å². The summed E-state index contributed by atoms with van der Waals surface area (Å²) in [7, 11) is 0. The Labute approximate surface area is 131 Å². The largest absolute Gasteiger partial charge is 0.492 e. The molecule has 0 fully saturated rings. The van der Waals surface area contributed by atoms with Gasteiger partial charge in [0, 0.05) is 6.54 Å². The molecule has 0 spiro atoms. The summed E-state index contributed by atoms with van der Waals surface area (Å²) in [6.07, 6.45) is 1.61. The number of benzene rings is 2. The second kappa shape index (κ2) is 6.65. The van der Waals surface area contributed by atoms with Crippen LogP contribution in [0.2, 0.25) is 0 Å². The van der Waals surface area contributed by atoms with Crippen LogP contribution in [0.3, 0.4) is 0 Å². The molecule has 0 unspecified atom stereocenters. The fourth-order valence-corrected chi connectivity index (χ4v) is 2.73. The first-order valence-corrected chi connectivity index (χ1v) is 7.76. The van der Waals surface area contributed by atoms with E-state index in [9.17, 15) is 4.79 Å². The Kier molecular flexibility index (Phi) is 4.42. The summed E-state index contributed by atoms with van der Waals surface area (Å²) in [6.45, 7) is 3.21. The van der Waals surface area contributed by atoms with Gasteiger partial charge in [0.05, 0.1) is 5.92 Å². The Morgan fingerprint density at radius 3 is 2.77 bits per heavy atom. The number of carbonyl (C=O) groups is 1. The molecule has 0 saturated heterocycles. The van der Waals surface area contributed by atoms with Crippen molar-refractivity contribution in [3.05, 3.63) is 65.2 Å². The van der Waals surface area contributed by atoms with Gasteiger partial charge in [0.15, 0.2) is 0 Å². The SMILES string of the molecule is Cc1ccc(CCNC(=O)[C@@H]2COc3ccccc3C2)cc1. The molecular formula is C19H21NO2. The van der Waals surface area contributed by atoms with E-state index >= 15 is 0 Å². The molecule has 1 amide bonds. The zero-order valence-electron chi connectivity index (χ0n) is 12.8. The van der Waals surface area contributed by atoms with Crippen molar-refractivity contribution in [3.63, 3.8) is 0 Å². The van der Waals surface area contributed by atoms with Gasteiger partial charge in [0.25, 0.3) is 0 Å². The van der Waals surface area contributed by atoms with Gasteiger partial charge in [-0.05, 0) is 37.0 Å². The zero-order valence-corrected chi connectivity index (χ0v) is 12.8. The molecule has 1 atom stereocenters. The molecule has 1 heterocycles. The van der Waals surface area contributed by atoms with Crippen LogP contribution in [0.1, 0.15) is 16.7 Å². The first kappa shape index (κ1) is 14.6. The van der Waals surface area contributed by atoms with Crippen LogP contribution in [-0.4, -0.2) is 19.1 Å². The van der Waals surface area contributed by atoms with Gasteiger partial charge in [-0.2, -0.15) is 0 Å². The number of hydrogen-bond donors (Lipinski definition) is 1. The lowest BCUT2D eigenvalue weighted by Crippen LogP contribution is -2.38. The summed E-state index contributed by atoms with van der Waals surface area (Å²) in [4.78, 5) is 12.3. The zero-order chi connectivity index (χ0) is 15.4. The van der Waals surface area contributed by atoms with E-state index in [0.29, 0.717) is 13.2 Å². The summed E-state index contributed by atoms with van der Waals surface area (Å²) in [5.41, 5.74) is 3.62. The molecule has 1 aliphatic rings. The topological polar surface area (TPSA) is 38.3 Å². The number of aryl methyl sites for hydroxylation is 1. The van der Waals surface area contributed by atoms with E-state index in [1.54, 1.807) is 0 Å². The van der Waals surface area contributed by atoms with E-state index < -0.39 is 0 Å². The average Bonchev–Trinajstić information content (AvgIpc) is 2.56. The molecule has 3 rings (SSSR count). The fraction of sp³-hybridized carbons (Fsp3) is 0.316. The van der Waals surface area contributed by atoms with Crippen molar-refractivity contribution >= 4 is 5.91 Å². The van der Waals surface area contributed by atoms with Crippen LogP contribution in [0.15, 0.2) is 48.5 Å². The van der Waals surface area contributed by atoms with E-state index in [1.165, 1.54) is 11.1 Å². The molecule has 1 aliphatic heterocycles. The number of amides is 1. The Bertz CT molecular complexity index is 649. The number of para-hydroxylation sites is 1. The summed E-state index contributed by atoms with van der Waals surface area (Å²) in [5, 5.41) is 3.03. The minimum absolute atomic E-state index is 0.0848. The van der Waals surface area contributed by atoms with Gasteiger partial charge in [-0.15, -0.1) is 0 Å². The molecule has 0 aromatic heterocycles. The first-order chi connectivity index (χ1) is 10.7. The summed E-state index contributed by atoms with van der Waals surface area (Å²) in [6, 6.07) is 16.4. The lowest BCUT2D eigenvalue weighted by molar-refractivity contribution is -0.126. The summed E-state index contributed by atoms with van der Waals surface area (Å²) >= 11 is 0. The van der Waals surface area contributed by atoms with Gasteiger partial charge in [0.2, 0.25) is 5.91 Å². The van der Waals surface area contributed by atoms with Crippen LogP contribution in [0, 0.1) is 12.8 Å². The van der Waals surface area contributed by atoms with E-state index in [0.717, 1.165) is 24.2 Å². The maximum absolute atomic E-state index is 12.3. The van der Waals surface area contributed by atoms with Crippen LogP contribution in [0.4, 0.5) is 0 Å². The molecule has 0 bridgehead atoms. The van der Waals surface area contributed by atoms with Gasteiger partial charge >= 0.3 is 0 Å². The highest BCUT2D eigenvalue weighted by Crippen LogP contribution is 2.26. The van der Waals surface area contributed by atoms with Crippen LogP contribution >= 0.6 is 0 Å². The van der Waals surface area contributed by atoms with E-state index in [4.69, 9.17) is 4.74 Å². The Balaban J connectivity index is 1.50. The highest BCUT2D eigenvalue weighted by molar-refractivity contribution is 5.79. The molecular weight excluding hydrogens is 274 g/mol. The van der Waals surface area contributed by atoms with Crippen LogP contribution in [0.25, 0.3) is 0 Å². The van der Waals surface area contributed by atoms with E-state index in [2.05, 4.69) is 36.5 Å². The maximum atomic E-state index is 12.3. The van der Waals surface area contributed by atoms with Gasteiger partial charge in [0.1, 0.15) is 12.4 Å². The van der Waals surface area contributed by atoms with Gasteiger partial charge < -0.3 is 10.1 Å². The molecule has 1 N–H and O–H groups in total. The Morgan fingerprint density at radius 1 is 1.18 bits per heavy atom. The standard InChI is InChI=1S/C19H21NO2/c1-14-6-8-15(9-7-14)10-11-20-19(21)17-12-16-4-2-3-5-18(16)22-13-17/h2-9,17H,10-13H2,1H3,(H,20,21)/t17-/m0/s1. The number of fused-ring (bicyclic) bond motifs is 1.